The van der Waals surface area contributed by atoms with Crippen LogP contribution >= 0.6 is 0 Å². The van der Waals surface area contributed by atoms with Gasteiger partial charge in [-0.3, -0.25) is 0 Å². The summed E-state index contributed by atoms with van der Waals surface area (Å²) in [7, 11) is 2.00. The molecule has 112 valence electrons. The molecule has 21 heavy (non-hydrogen) atoms. The van der Waals surface area contributed by atoms with Crippen molar-refractivity contribution in [1.82, 2.24) is 5.32 Å². The van der Waals surface area contributed by atoms with Crippen molar-refractivity contribution in [2.24, 2.45) is 0 Å². The first kappa shape index (κ1) is 15.8. The van der Waals surface area contributed by atoms with E-state index in [1.54, 1.807) is 0 Å². The van der Waals surface area contributed by atoms with Gasteiger partial charge in [0, 0.05) is 6.04 Å². The van der Waals surface area contributed by atoms with Crippen LogP contribution in [0.1, 0.15) is 46.3 Å². The molecule has 0 amide bonds. The van der Waals surface area contributed by atoms with Gasteiger partial charge in [0.1, 0.15) is 0 Å². The van der Waals surface area contributed by atoms with E-state index in [1.165, 1.54) is 44.5 Å². The Morgan fingerprint density at radius 1 is 0.714 bits per heavy atom. The molecule has 2 rings (SSSR count). The highest BCUT2D eigenvalue weighted by atomic mass is 14.8. The van der Waals surface area contributed by atoms with Crippen LogP contribution in [0.5, 0.6) is 0 Å². The Morgan fingerprint density at radius 3 is 1.57 bits per heavy atom. The van der Waals surface area contributed by atoms with Crippen LogP contribution in [-0.4, -0.2) is 7.05 Å². The van der Waals surface area contributed by atoms with Gasteiger partial charge in [-0.2, -0.15) is 0 Å². The zero-order chi connectivity index (χ0) is 15.7. The van der Waals surface area contributed by atoms with E-state index in [4.69, 9.17) is 0 Å². The van der Waals surface area contributed by atoms with Gasteiger partial charge in [-0.05, 0) is 93.1 Å². The Kier molecular flexibility index (Phi) is 4.53. The number of rotatable bonds is 3. The number of hydrogen-bond donors (Lipinski definition) is 1. The molecule has 1 unspecified atom stereocenters. The largest absolute Gasteiger partial charge is 0.313 e. The molecule has 0 bridgehead atoms. The average molecular weight is 281 g/mol. The molecule has 1 heteroatoms. The number of hydrogen-bond acceptors (Lipinski definition) is 1. The Morgan fingerprint density at radius 2 is 1.14 bits per heavy atom. The van der Waals surface area contributed by atoms with Gasteiger partial charge in [0.05, 0.1) is 0 Å². The van der Waals surface area contributed by atoms with Gasteiger partial charge in [0.2, 0.25) is 0 Å². The lowest BCUT2D eigenvalue weighted by Crippen LogP contribution is -2.11. The second kappa shape index (κ2) is 6.03. The molecule has 0 radical (unpaired) electrons. The number of benzene rings is 2. The van der Waals surface area contributed by atoms with E-state index in [0.717, 1.165) is 0 Å². The molecule has 1 atom stereocenters. The Balaban J connectivity index is 2.57. The molecular formula is C20H27N. The normalized spacial score (nSPS) is 12.5. The Hall–Kier alpha value is -1.60. The van der Waals surface area contributed by atoms with Crippen LogP contribution in [0.2, 0.25) is 0 Å². The van der Waals surface area contributed by atoms with Crippen LogP contribution in [0.25, 0.3) is 11.1 Å². The van der Waals surface area contributed by atoms with Gasteiger partial charge in [0.25, 0.3) is 0 Å². The molecule has 1 nitrogen and oxygen atoms in total. The summed E-state index contributed by atoms with van der Waals surface area (Å²) in [6.45, 7) is 13.4. The molecule has 1 N–H and O–H groups in total. The fraction of sp³-hybridized carbons (Fsp3) is 0.400. The van der Waals surface area contributed by atoms with Crippen LogP contribution in [0.15, 0.2) is 24.3 Å². The third-order valence-electron chi connectivity index (χ3n) is 5.13. The SMILES string of the molecule is CNC(C)c1ccc(-c2c(C)c(C)c(C)c(C)c2C)cc1. The summed E-state index contributed by atoms with van der Waals surface area (Å²) >= 11 is 0. The molecule has 0 aromatic heterocycles. The quantitative estimate of drug-likeness (QED) is 0.817. The van der Waals surface area contributed by atoms with Crippen LogP contribution in [0, 0.1) is 34.6 Å². The summed E-state index contributed by atoms with van der Waals surface area (Å²) in [5.74, 6) is 0. The Bertz CT molecular complexity index is 622. The van der Waals surface area contributed by atoms with Gasteiger partial charge in [-0.25, -0.2) is 0 Å². The minimum Gasteiger partial charge on any atom is -0.313 e. The third-order valence-corrected chi connectivity index (χ3v) is 5.13. The first-order valence-corrected chi connectivity index (χ1v) is 7.73. The highest BCUT2D eigenvalue weighted by Gasteiger charge is 2.14. The van der Waals surface area contributed by atoms with E-state index in [2.05, 4.69) is 71.1 Å². The molecule has 0 fully saturated rings. The topological polar surface area (TPSA) is 12.0 Å². The van der Waals surface area contributed by atoms with Crippen LogP contribution in [0.4, 0.5) is 0 Å². The number of nitrogens with one attached hydrogen (secondary N) is 1. The summed E-state index contributed by atoms with van der Waals surface area (Å²) in [5, 5.41) is 3.29. The van der Waals surface area contributed by atoms with Crippen molar-refractivity contribution in [2.75, 3.05) is 7.05 Å². The van der Waals surface area contributed by atoms with Crippen molar-refractivity contribution in [2.45, 2.75) is 47.6 Å². The molecule has 0 heterocycles. The molecule has 0 saturated heterocycles. The predicted molar refractivity (Wildman–Crippen MR) is 93.0 cm³/mol. The molecule has 0 saturated carbocycles. The molecule has 0 aliphatic carbocycles. The summed E-state index contributed by atoms with van der Waals surface area (Å²) in [6, 6.07) is 9.38. The monoisotopic (exact) mass is 281 g/mol. The van der Waals surface area contributed by atoms with Crippen molar-refractivity contribution < 1.29 is 0 Å². The zero-order valence-corrected chi connectivity index (χ0v) is 14.4. The van der Waals surface area contributed by atoms with Gasteiger partial charge in [-0.15, -0.1) is 0 Å². The van der Waals surface area contributed by atoms with Crippen LogP contribution < -0.4 is 5.32 Å². The van der Waals surface area contributed by atoms with Crippen LogP contribution in [-0.2, 0) is 0 Å². The highest BCUT2D eigenvalue weighted by Crippen LogP contribution is 2.34. The van der Waals surface area contributed by atoms with Gasteiger partial charge in [-0.1, -0.05) is 24.3 Å². The fourth-order valence-corrected chi connectivity index (χ4v) is 3.04. The lowest BCUT2D eigenvalue weighted by Gasteiger charge is -2.19. The first-order chi connectivity index (χ1) is 9.88. The predicted octanol–water partition coefficient (Wildman–Crippen LogP) is 5.18. The maximum Gasteiger partial charge on any atom is 0.0289 e. The molecule has 0 spiro atoms. The van der Waals surface area contributed by atoms with Crippen molar-refractivity contribution in [3.8, 4) is 11.1 Å². The zero-order valence-electron chi connectivity index (χ0n) is 14.4. The fourth-order valence-electron chi connectivity index (χ4n) is 3.04. The maximum atomic E-state index is 3.29. The molecule has 2 aromatic rings. The van der Waals surface area contributed by atoms with E-state index in [0.29, 0.717) is 6.04 Å². The van der Waals surface area contributed by atoms with Gasteiger partial charge < -0.3 is 5.32 Å². The first-order valence-electron chi connectivity index (χ1n) is 7.73. The lowest BCUT2D eigenvalue weighted by atomic mass is 9.86. The summed E-state index contributed by atoms with van der Waals surface area (Å²) in [6.07, 6.45) is 0. The summed E-state index contributed by atoms with van der Waals surface area (Å²) in [5.41, 5.74) is 11.1. The van der Waals surface area contributed by atoms with Crippen molar-refractivity contribution >= 4 is 0 Å². The molecule has 0 aliphatic heterocycles. The average Bonchev–Trinajstić information content (AvgIpc) is 2.51. The molecular weight excluding hydrogens is 254 g/mol. The lowest BCUT2D eigenvalue weighted by molar-refractivity contribution is 0.652. The second-order valence-corrected chi connectivity index (χ2v) is 6.13. The smallest absolute Gasteiger partial charge is 0.0289 e. The van der Waals surface area contributed by atoms with Crippen LogP contribution in [0.3, 0.4) is 0 Å². The molecule has 2 aromatic carbocycles. The van der Waals surface area contributed by atoms with Crippen molar-refractivity contribution in [1.29, 1.82) is 0 Å². The van der Waals surface area contributed by atoms with Gasteiger partial charge >= 0.3 is 0 Å². The van der Waals surface area contributed by atoms with E-state index in [9.17, 15) is 0 Å². The van der Waals surface area contributed by atoms with E-state index >= 15 is 0 Å². The van der Waals surface area contributed by atoms with Gasteiger partial charge in [0.15, 0.2) is 0 Å². The van der Waals surface area contributed by atoms with E-state index in [1.807, 2.05) is 7.05 Å². The minimum atomic E-state index is 0.391. The Labute approximate surface area is 129 Å². The minimum absolute atomic E-state index is 0.391. The summed E-state index contributed by atoms with van der Waals surface area (Å²) in [4.78, 5) is 0. The summed E-state index contributed by atoms with van der Waals surface area (Å²) < 4.78 is 0. The third kappa shape index (κ3) is 2.75. The second-order valence-electron chi connectivity index (χ2n) is 6.13. The standard InChI is InChI=1S/C20H27N/c1-12-13(2)15(4)20(16(5)14(12)3)19-10-8-18(9-11-19)17(6)21-7/h8-11,17,21H,1-7H3. The van der Waals surface area contributed by atoms with Crippen molar-refractivity contribution in [3.05, 3.63) is 57.6 Å². The van der Waals surface area contributed by atoms with E-state index < -0.39 is 0 Å². The maximum absolute atomic E-state index is 3.29. The van der Waals surface area contributed by atoms with E-state index in [-0.39, 0.29) is 0 Å². The highest BCUT2D eigenvalue weighted by molar-refractivity contribution is 5.74. The molecule has 0 aliphatic rings. The van der Waals surface area contributed by atoms with Crippen molar-refractivity contribution in [3.63, 3.8) is 0 Å².